The van der Waals surface area contributed by atoms with Crippen LogP contribution in [0.4, 0.5) is 4.39 Å². The smallest absolute Gasteiger partial charge is 0.199 e. The third kappa shape index (κ3) is 3.05. The van der Waals surface area contributed by atoms with Gasteiger partial charge in [0.1, 0.15) is 5.82 Å². The normalized spacial score (nSPS) is 19.8. The molecule has 1 aliphatic heterocycles. The first-order valence-electron chi connectivity index (χ1n) is 8.80. The summed E-state index contributed by atoms with van der Waals surface area (Å²) in [6.07, 6.45) is 4.64. The second-order valence-electron chi connectivity index (χ2n) is 7.13. The number of hydrogen-bond acceptors (Lipinski definition) is 3. The Morgan fingerprint density at radius 3 is 2.54 bits per heavy atom. The first-order valence-corrected chi connectivity index (χ1v) is 9.21. The minimum atomic E-state index is -0.238. The Bertz CT molecular complexity index is 785. The molecule has 1 aromatic carbocycles. The van der Waals surface area contributed by atoms with Gasteiger partial charge in [-0.3, -0.25) is 9.47 Å². The van der Waals surface area contributed by atoms with E-state index in [2.05, 4.69) is 16.4 Å². The SMILES string of the molecule is CC1CCN(Cn2nc(-c3ccccc3F)n(C3CC3)c2=S)CC1. The molecule has 4 rings (SSSR count). The van der Waals surface area contributed by atoms with Gasteiger partial charge in [-0.05, 0) is 56.0 Å². The Balaban J connectivity index is 1.68. The molecule has 0 amide bonds. The fraction of sp³-hybridized carbons (Fsp3) is 0.556. The van der Waals surface area contributed by atoms with Crippen molar-refractivity contribution in [2.75, 3.05) is 13.1 Å². The third-order valence-electron chi connectivity index (χ3n) is 5.11. The van der Waals surface area contributed by atoms with Crippen LogP contribution in [0.5, 0.6) is 0 Å². The van der Waals surface area contributed by atoms with Crippen molar-refractivity contribution in [1.82, 2.24) is 19.2 Å². The number of aromatic nitrogens is 3. The first kappa shape index (κ1) is 16.0. The van der Waals surface area contributed by atoms with Crippen molar-refractivity contribution in [2.24, 2.45) is 5.92 Å². The average Bonchev–Trinajstić information content (AvgIpc) is 3.36. The fourth-order valence-corrected chi connectivity index (χ4v) is 3.73. The van der Waals surface area contributed by atoms with E-state index in [0.29, 0.717) is 24.1 Å². The molecule has 6 heteroatoms. The number of nitrogens with zero attached hydrogens (tertiary/aromatic N) is 4. The summed E-state index contributed by atoms with van der Waals surface area (Å²) in [6, 6.07) is 7.21. The molecule has 0 N–H and O–H groups in total. The van der Waals surface area contributed by atoms with E-state index in [4.69, 9.17) is 17.3 Å². The Labute approximate surface area is 146 Å². The number of benzene rings is 1. The molecule has 1 aliphatic carbocycles. The van der Waals surface area contributed by atoms with Crippen LogP contribution in [-0.2, 0) is 6.67 Å². The molecule has 0 unspecified atom stereocenters. The molecule has 1 aromatic heterocycles. The van der Waals surface area contributed by atoms with Gasteiger partial charge in [0.2, 0.25) is 0 Å². The van der Waals surface area contributed by atoms with Crippen molar-refractivity contribution in [3.63, 3.8) is 0 Å². The summed E-state index contributed by atoms with van der Waals surface area (Å²) >= 11 is 5.68. The minimum Gasteiger partial charge on any atom is -0.297 e. The number of piperidine rings is 1. The average molecular weight is 346 g/mol. The number of likely N-dealkylation sites (tertiary alicyclic amines) is 1. The maximum atomic E-state index is 14.3. The van der Waals surface area contributed by atoms with Crippen LogP contribution >= 0.6 is 12.2 Å². The lowest BCUT2D eigenvalue weighted by molar-refractivity contribution is 0.146. The molecule has 2 aliphatic rings. The quantitative estimate of drug-likeness (QED) is 0.774. The van der Waals surface area contributed by atoms with Gasteiger partial charge in [0.15, 0.2) is 10.6 Å². The largest absolute Gasteiger partial charge is 0.297 e. The maximum Gasteiger partial charge on any atom is 0.199 e. The molecule has 1 saturated heterocycles. The van der Waals surface area contributed by atoms with Crippen molar-refractivity contribution < 1.29 is 4.39 Å². The van der Waals surface area contributed by atoms with Crippen LogP contribution in [0, 0.1) is 16.5 Å². The Kier molecular flexibility index (Phi) is 4.26. The molecule has 2 heterocycles. The molecule has 4 nitrogen and oxygen atoms in total. The van der Waals surface area contributed by atoms with Gasteiger partial charge < -0.3 is 0 Å². The standard InChI is InChI=1S/C18H23FN4S/c1-13-8-10-21(11-9-13)12-22-18(24)23(14-6-7-14)17(20-22)15-4-2-3-5-16(15)19/h2-5,13-14H,6-12H2,1H3. The summed E-state index contributed by atoms with van der Waals surface area (Å²) in [5.74, 6) is 1.23. The van der Waals surface area contributed by atoms with Crippen LogP contribution in [0.15, 0.2) is 24.3 Å². The molecule has 24 heavy (non-hydrogen) atoms. The molecular formula is C18H23FN4S. The number of halogens is 1. The minimum absolute atomic E-state index is 0.238. The van der Waals surface area contributed by atoms with Gasteiger partial charge in [0.25, 0.3) is 0 Å². The summed E-state index contributed by atoms with van der Waals surface area (Å²) in [7, 11) is 0. The van der Waals surface area contributed by atoms with Gasteiger partial charge >= 0.3 is 0 Å². The van der Waals surface area contributed by atoms with Crippen LogP contribution in [-0.4, -0.2) is 32.3 Å². The highest BCUT2D eigenvalue weighted by Crippen LogP contribution is 2.39. The monoisotopic (exact) mass is 346 g/mol. The zero-order valence-corrected chi connectivity index (χ0v) is 14.8. The van der Waals surface area contributed by atoms with Crippen molar-refractivity contribution in [2.45, 2.75) is 45.3 Å². The van der Waals surface area contributed by atoms with Crippen LogP contribution in [0.25, 0.3) is 11.4 Å². The Morgan fingerprint density at radius 2 is 1.88 bits per heavy atom. The van der Waals surface area contributed by atoms with Gasteiger partial charge in [-0.15, -0.1) is 0 Å². The highest BCUT2D eigenvalue weighted by molar-refractivity contribution is 7.71. The van der Waals surface area contributed by atoms with Gasteiger partial charge in [-0.1, -0.05) is 19.1 Å². The lowest BCUT2D eigenvalue weighted by atomic mass is 10.00. The van der Waals surface area contributed by atoms with E-state index in [1.54, 1.807) is 12.1 Å². The van der Waals surface area contributed by atoms with Gasteiger partial charge in [-0.2, -0.15) is 5.10 Å². The predicted octanol–water partition coefficient (Wildman–Crippen LogP) is 4.24. The van der Waals surface area contributed by atoms with Crippen LogP contribution < -0.4 is 0 Å². The van der Waals surface area contributed by atoms with Gasteiger partial charge in [0, 0.05) is 19.1 Å². The summed E-state index contributed by atoms with van der Waals surface area (Å²) in [4.78, 5) is 2.39. The first-order chi connectivity index (χ1) is 11.6. The van der Waals surface area contributed by atoms with E-state index in [9.17, 15) is 4.39 Å². The van der Waals surface area contributed by atoms with E-state index in [1.807, 2.05) is 10.7 Å². The topological polar surface area (TPSA) is 26.0 Å². The van der Waals surface area contributed by atoms with Gasteiger partial charge in [-0.25, -0.2) is 9.07 Å². The lowest BCUT2D eigenvalue weighted by Crippen LogP contribution is -2.34. The molecule has 2 fully saturated rings. The van der Waals surface area contributed by atoms with E-state index < -0.39 is 0 Å². The van der Waals surface area contributed by atoms with Crippen molar-refractivity contribution in [1.29, 1.82) is 0 Å². The van der Waals surface area contributed by atoms with E-state index in [0.717, 1.165) is 36.6 Å². The van der Waals surface area contributed by atoms with Crippen molar-refractivity contribution >= 4 is 12.2 Å². The maximum absolute atomic E-state index is 14.3. The number of hydrogen-bond donors (Lipinski definition) is 0. The molecule has 2 aromatic rings. The fourth-order valence-electron chi connectivity index (χ4n) is 3.39. The summed E-state index contributed by atoms with van der Waals surface area (Å²) in [5.41, 5.74) is 0.543. The molecular weight excluding hydrogens is 323 g/mol. The van der Waals surface area contributed by atoms with Crippen LogP contribution in [0.3, 0.4) is 0 Å². The van der Waals surface area contributed by atoms with Crippen molar-refractivity contribution in [3.05, 3.63) is 34.9 Å². The highest BCUT2D eigenvalue weighted by Gasteiger charge is 2.30. The van der Waals surface area contributed by atoms with E-state index in [1.165, 1.54) is 18.9 Å². The lowest BCUT2D eigenvalue weighted by Gasteiger charge is -2.29. The Hall–Kier alpha value is -1.53. The van der Waals surface area contributed by atoms with E-state index in [-0.39, 0.29) is 5.82 Å². The predicted molar refractivity (Wildman–Crippen MR) is 94.7 cm³/mol. The summed E-state index contributed by atoms with van der Waals surface area (Å²) in [5, 5.41) is 4.71. The van der Waals surface area contributed by atoms with E-state index >= 15 is 0 Å². The molecule has 0 atom stereocenters. The van der Waals surface area contributed by atoms with Crippen LogP contribution in [0.1, 0.15) is 38.6 Å². The number of rotatable bonds is 4. The molecule has 128 valence electrons. The molecule has 0 radical (unpaired) electrons. The summed E-state index contributed by atoms with van der Waals surface area (Å²) < 4.78 is 18.9. The highest BCUT2D eigenvalue weighted by atomic mass is 32.1. The zero-order valence-electron chi connectivity index (χ0n) is 14.0. The second kappa shape index (κ2) is 6.41. The third-order valence-corrected chi connectivity index (χ3v) is 5.51. The summed E-state index contributed by atoms with van der Waals surface area (Å²) in [6.45, 7) is 5.16. The molecule has 1 saturated carbocycles. The van der Waals surface area contributed by atoms with Crippen LogP contribution in [0.2, 0.25) is 0 Å². The van der Waals surface area contributed by atoms with Gasteiger partial charge in [0.05, 0.1) is 12.2 Å². The second-order valence-corrected chi connectivity index (χ2v) is 7.49. The zero-order chi connectivity index (χ0) is 16.7. The van der Waals surface area contributed by atoms with Crippen molar-refractivity contribution in [3.8, 4) is 11.4 Å². The molecule has 0 spiro atoms. The molecule has 0 bridgehead atoms. The Morgan fingerprint density at radius 1 is 1.17 bits per heavy atom.